The summed E-state index contributed by atoms with van der Waals surface area (Å²) >= 11 is 5.46. The molecule has 0 aliphatic heterocycles. The van der Waals surface area contributed by atoms with Crippen LogP contribution >= 0.6 is 11.6 Å². The average molecular weight is 203 g/mol. The van der Waals surface area contributed by atoms with Gasteiger partial charge in [0.15, 0.2) is 0 Å². The second kappa shape index (κ2) is 4.28. The van der Waals surface area contributed by atoms with Gasteiger partial charge in [-0.3, -0.25) is 4.79 Å². The number of aromatic hydroxyl groups is 1. The fourth-order valence-electron chi connectivity index (χ4n) is 1.07. The number of alkyl halides is 1. The molecule has 0 aromatic carbocycles. The van der Waals surface area contributed by atoms with Gasteiger partial charge < -0.3 is 10.1 Å². The SMILES string of the molecule is CCCc1c(O)nc(CCl)[nH]c1=O. The summed E-state index contributed by atoms with van der Waals surface area (Å²) in [6.07, 6.45) is 1.31. The van der Waals surface area contributed by atoms with Crippen LogP contribution in [0.25, 0.3) is 0 Å². The van der Waals surface area contributed by atoms with Gasteiger partial charge in [0.25, 0.3) is 5.56 Å². The smallest absolute Gasteiger partial charge is 0.257 e. The molecule has 0 spiro atoms. The number of H-pyrrole nitrogens is 1. The third-order valence-electron chi connectivity index (χ3n) is 1.67. The van der Waals surface area contributed by atoms with E-state index in [4.69, 9.17) is 11.6 Å². The summed E-state index contributed by atoms with van der Waals surface area (Å²) < 4.78 is 0. The number of nitrogens with zero attached hydrogens (tertiary/aromatic N) is 1. The zero-order chi connectivity index (χ0) is 9.84. The second-order valence-electron chi connectivity index (χ2n) is 2.70. The quantitative estimate of drug-likeness (QED) is 0.723. The fourth-order valence-corrected chi connectivity index (χ4v) is 1.20. The number of rotatable bonds is 3. The normalized spacial score (nSPS) is 10.3. The minimum absolute atomic E-state index is 0.0925. The Morgan fingerprint density at radius 2 is 2.31 bits per heavy atom. The number of halogens is 1. The summed E-state index contributed by atoms with van der Waals surface area (Å²) in [5.74, 6) is 0.181. The van der Waals surface area contributed by atoms with Crippen LogP contribution in [-0.2, 0) is 12.3 Å². The Bertz CT molecular complexity index is 348. The van der Waals surface area contributed by atoms with Crippen LogP contribution in [0.15, 0.2) is 4.79 Å². The van der Waals surface area contributed by atoms with Crippen molar-refractivity contribution in [3.63, 3.8) is 0 Å². The van der Waals surface area contributed by atoms with Crippen molar-refractivity contribution in [3.05, 3.63) is 21.7 Å². The number of aromatic nitrogens is 2. The zero-order valence-corrected chi connectivity index (χ0v) is 8.06. The molecule has 0 radical (unpaired) electrons. The first-order chi connectivity index (χ1) is 6.19. The van der Waals surface area contributed by atoms with Gasteiger partial charge >= 0.3 is 0 Å². The van der Waals surface area contributed by atoms with Gasteiger partial charge in [-0.15, -0.1) is 11.6 Å². The second-order valence-corrected chi connectivity index (χ2v) is 2.97. The van der Waals surface area contributed by atoms with E-state index in [2.05, 4.69) is 9.97 Å². The molecule has 5 heteroatoms. The molecule has 1 aromatic heterocycles. The first-order valence-electron chi connectivity index (χ1n) is 4.06. The molecule has 0 fully saturated rings. The number of hydrogen-bond donors (Lipinski definition) is 2. The van der Waals surface area contributed by atoms with Crippen LogP contribution in [0.5, 0.6) is 5.88 Å². The summed E-state index contributed by atoms with van der Waals surface area (Å²) in [6, 6.07) is 0. The molecule has 0 saturated carbocycles. The summed E-state index contributed by atoms with van der Waals surface area (Å²) in [4.78, 5) is 17.5. The van der Waals surface area contributed by atoms with Gasteiger partial charge in [0.05, 0.1) is 11.4 Å². The molecule has 0 aliphatic rings. The molecule has 0 aliphatic carbocycles. The highest BCUT2D eigenvalue weighted by molar-refractivity contribution is 6.16. The molecule has 1 heterocycles. The zero-order valence-electron chi connectivity index (χ0n) is 7.30. The van der Waals surface area contributed by atoms with E-state index in [0.29, 0.717) is 17.8 Å². The Labute approximate surface area is 80.6 Å². The molecule has 1 rings (SSSR count). The Morgan fingerprint density at radius 1 is 1.62 bits per heavy atom. The Hall–Kier alpha value is -1.03. The molecule has 0 amide bonds. The first-order valence-corrected chi connectivity index (χ1v) is 4.59. The van der Waals surface area contributed by atoms with Crippen molar-refractivity contribution in [3.8, 4) is 5.88 Å². The van der Waals surface area contributed by atoms with Gasteiger partial charge in [-0.2, -0.15) is 4.98 Å². The molecule has 4 nitrogen and oxygen atoms in total. The van der Waals surface area contributed by atoms with Crippen molar-refractivity contribution in [2.75, 3.05) is 0 Å². The van der Waals surface area contributed by atoms with Crippen molar-refractivity contribution in [1.82, 2.24) is 9.97 Å². The monoisotopic (exact) mass is 202 g/mol. The van der Waals surface area contributed by atoms with Crippen molar-refractivity contribution in [2.45, 2.75) is 25.6 Å². The van der Waals surface area contributed by atoms with E-state index in [1.165, 1.54) is 0 Å². The van der Waals surface area contributed by atoms with Crippen LogP contribution < -0.4 is 5.56 Å². The minimum Gasteiger partial charge on any atom is -0.493 e. The Kier molecular flexibility index (Phi) is 3.31. The Balaban J connectivity index is 3.15. The van der Waals surface area contributed by atoms with Crippen molar-refractivity contribution in [2.24, 2.45) is 0 Å². The van der Waals surface area contributed by atoms with E-state index in [-0.39, 0.29) is 17.3 Å². The molecule has 0 saturated heterocycles. The third kappa shape index (κ3) is 2.21. The fraction of sp³-hybridized carbons (Fsp3) is 0.500. The summed E-state index contributed by atoms with van der Waals surface area (Å²) in [5.41, 5.74) is 0.0290. The number of hydrogen-bond acceptors (Lipinski definition) is 3. The molecule has 2 N–H and O–H groups in total. The molecule has 13 heavy (non-hydrogen) atoms. The van der Waals surface area contributed by atoms with Crippen LogP contribution in [0.4, 0.5) is 0 Å². The van der Waals surface area contributed by atoms with Crippen LogP contribution in [0.2, 0.25) is 0 Å². The maximum Gasteiger partial charge on any atom is 0.257 e. The van der Waals surface area contributed by atoms with Crippen LogP contribution in [0.3, 0.4) is 0 Å². The molecule has 1 aromatic rings. The van der Waals surface area contributed by atoms with Crippen LogP contribution in [0.1, 0.15) is 24.7 Å². The Morgan fingerprint density at radius 3 is 2.77 bits per heavy atom. The minimum atomic E-state index is -0.301. The highest BCUT2D eigenvalue weighted by Gasteiger charge is 2.08. The van der Waals surface area contributed by atoms with Gasteiger partial charge in [0, 0.05) is 0 Å². The topological polar surface area (TPSA) is 66.0 Å². The van der Waals surface area contributed by atoms with Crippen molar-refractivity contribution < 1.29 is 5.11 Å². The largest absolute Gasteiger partial charge is 0.493 e. The molecular formula is C8H11ClN2O2. The van der Waals surface area contributed by atoms with Gasteiger partial charge in [0.2, 0.25) is 5.88 Å². The first kappa shape index (κ1) is 10.1. The van der Waals surface area contributed by atoms with E-state index < -0.39 is 0 Å². The summed E-state index contributed by atoms with van der Waals surface area (Å²) in [7, 11) is 0. The third-order valence-corrected chi connectivity index (χ3v) is 1.92. The number of nitrogens with one attached hydrogen (secondary N) is 1. The molecule has 0 unspecified atom stereocenters. The predicted molar refractivity (Wildman–Crippen MR) is 50.1 cm³/mol. The summed E-state index contributed by atoms with van der Waals surface area (Å²) in [6.45, 7) is 1.92. The van der Waals surface area contributed by atoms with Crippen molar-refractivity contribution >= 4 is 11.6 Å². The number of aromatic amines is 1. The van der Waals surface area contributed by atoms with E-state index in [1.54, 1.807) is 0 Å². The van der Waals surface area contributed by atoms with Gasteiger partial charge in [-0.1, -0.05) is 13.3 Å². The molecule has 72 valence electrons. The average Bonchev–Trinajstić information content (AvgIpc) is 2.11. The lowest BCUT2D eigenvalue weighted by Gasteiger charge is -2.02. The molecule has 0 atom stereocenters. The molecule has 0 bridgehead atoms. The summed E-state index contributed by atoms with van der Waals surface area (Å²) in [5, 5.41) is 9.34. The van der Waals surface area contributed by atoms with Crippen molar-refractivity contribution in [1.29, 1.82) is 0 Å². The lowest BCUT2D eigenvalue weighted by Crippen LogP contribution is -2.16. The van der Waals surface area contributed by atoms with Crippen LogP contribution in [-0.4, -0.2) is 15.1 Å². The van der Waals surface area contributed by atoms with E-state index >= 15 is 0 Å². The lowest BCUT2D eigenvalue weighted by molar-refractivity contribution is 0.440. The van der Waals surface area contributed by atoms with Gasteiger partial charge in [-0.05, 0) is 6.42 Å². The standard InChI is InChI=1S/C8H11ClN2O2/c1-2-3-5-7(12)10-6(4-9)11-8(5)13/h2-4H2,1H3,(H2,10,11,12,13). The molecular weight excluding hydrogens is 192 g/mol. The lowest BCUT2D eigenvalue weighted by atomic mass is 10.2. The highest BCUT2D eigenvalue weighted by Crippen LogP contribution is 2.10. The maximum absolute atomic E-state index is 11.3. The highest BCUT2D eigenvalue weighted by atomic mass is 35.5. The van der Waals surface area contributed by atoms with Gasteiger partial charge in [0.1, 0.15) is 5.82 Å². The van der Waals surface area contributed by atoms with E-state index in [9.17, 15) is 9.90 Å². The van der Waals surface area contributed by atoms with Gasteiger partial charge in [-0.25, -0.2) is 0 Å². The van der Waals surface area contributed by atoms with Crippen LogP contribution in [0, 0.1) is 0 Å². The van der Waals surface area contributed by atoms with E-state index in [0.717, 1.165) is 6.42 Å². The predicted octanol–water partition coefficient (Wildman–Crippen LogP) is 1.17. The maximum atomic E-state index is 11.3. The van der Waals surface area contributed by atoms with E-state index in [1.807, 2.05) is 6.92 Å².